The first-order valence-electron chi connectivity index (χ1n) is 13.1. The minimum absolute atomic E-state index is 0.469. The maximum absolute atomic E-state index is 2.57. The van der Waals surface area contributed by atoms with Crippen LogP contribution in [0.25, 0.3) is 0 Å². The average Bonchev–Trinajstić information content (AvgIpc) is 2.67. The molecule has 1 heterocycles. The normalized spacial score (nSPS) is 15.5. The molecule has 0 radical (unpaired) electrons. The molecule has 0 spiro atoms. The summed E-state index contributed by atoms with van der Waals surface area (Å²) in [7, 11) is -1.87. The molecule has 1 aliphatic heterocycles. The summed E-state index contributed by atoms with van der Waals surface area (Å²) in [6, 6.07) is 16.8. The molecule has 1 aliphatic rings. The molecule has 2 aromatic carbocycles. The van der Waals surface area contributed by atoms with Gasteiger partial charge in [-0.2, -0.15) is 0 Å². The van der Waals surface area contributed by atoms with E-state index in [2.05, 4.69) is 129 Å². The number of hydrogen-bond acceptors (Lipinski definition) is 2. The molecule has 0 unspecified atom stereocenters. The lowest BCUT2D eigenvalue weighted by Crippen LogP contribution is -2.60. The quantitative estimate of drug-likeness (QED) is 0.413. The fraction of sp³-hybridized carbons (Fsp3) is 0.600. The Hall–Kier alpha value is -1.74. The molecule has 2 aromatic rings. The number of benzene rings is 2. The van der Waals surface area contributed by atoms with Gasteiger partial charge in [0.15, 0.2) is 0 Å². The van der Waals surface area contributed by atoms with Crippen LogP contribution in [0.1, 0.15) is 86.3 Å². The lowest BCUT2D eigenvalue weighted by Gasteiger charge is -2.43. The Morgan fingerprint density at radius 3 is 1.18 bits per heavy atom. The largest absolute Gasteiger partial charge is 0.367 e. The molecule has 0 N–H and O–H groups in total. The van der Waals surface area contributed by atoms with Crippen LogP contribution >= 0.6 is 0 Å². The molecule has 0 amide bonds. The molecule has 33 heavy (non-hydrogen) atoms. The number of fused-ring (bicyclic) bond motifs is 2. The van der Waals surface area contributed by atoms with Crippen molar-refractivity contribution in [3.05, 3.63) is 47.5 Å². The van der Waals surface area contributed by atoms with Crippen molar-refractivity contribution in [2.45, 2.75) is 112 Å². The number of nitrogens with zero attached hydrogens (tertiary/aromatic N) is 2. The first-order chi connectivity index (χ1) is 15.3. The Bertz CT molecular complexity index is 882. The Morgan fingerprint density at radius 1 is 0.576 bits per heavy atom. The van der Waals surface area contributed by atoms with Crippen LogP contribution in [0.3, 0.4) is 0 Å². The highest BCUT2D eigenvalue weighted by Gasteiger charge is 2.41. The summed E-state index contributed by atoms with van der Waals surface area (Å²) in [4.78, 5) is 5.14. The van der Waals surface area contributed by atoms with Crippen LogP contribution in [0.5, 0.6) is 0 Å². The molecular weight excluding hydrogens is 416 g/mol. The summed E-state index contributed by atoms with van der Waals surface area (Å²) in [5.74, 6) is 1.04. The van der Waals surface area contributed by atoms with Gasteiger partial charge in [-0.25, -0.2) is 0 Å². The van der Waals surface area contributed by atoms with E-state index in [9.17, 15) is 0 Å². The van der Waals surface area contributed by atoms with Gasteiger partial charge in [0.1, 0.15) is 8.07 Å². The van der Waals surface area contributed by atoms with Gasteiger partial charge >= 0.3 is 0 Å². The summed E-state index contributed by atoms with van der Waals surface area (Å²) >= 11 is 0. The standard InChI is InChI=1S/C30H48N2Si/c1-19(2)30-26-15-13-24(31(20(3)4)21(5)6)17-28(26)33(11,12)29-18-25(14-16-27(29)30)32(22(7)8)23(9)10/h13-23,30H,1-12H3. The average molecular weight is 465 g/mol. The van der Waals surface area contributed by atoms with Gasteiger partial charge in [0.05, 0.1) is 0 Å². The lowest BCUT2D eigenvalue weighted by molar-refractivity contribution is 0.564. The molecule has 0 bridgehead atoms. The molecule has 2 nitrogen and oxygen atoms in total. The van der Waals surface area contributed by atoms with E-state index in [1.807, 2.05) is 0 Å². The zero-order chi connectivity index (χ0) is 24.8. The molecule has 0 fully saturated rings. The fourth-order valence-corrected chi connectivity index (χ4v) is 9.68. The lowest BCUT2D eigenvalue weighted by atomic mass is 9.81. The van der Waals surface area contributed by atoms with E-state index in [0.717, 1.165) is 0 Å². The summed E-state index contributed by atoms with van der Waals surface area (Å²) in [6.45, 7) is 28.4. The third-order valence-corrected chi connectivity index (χ3v) is 11.1. The van der Waals surface area contributed by atoms with Gasteiger partial charge in [-0.1, -0.05) is 39.1 Å². The van der Waals surface area contributed by atoms with Crippen molar-refractivity contribution in [1.82, 2.24) is 0 Å². The second-order valence-corrected chi connectivity index (χ2v) is 16.4. The SMILES string of the molecule is CC(C)C1c2ccc(N(C(C)C)C(C)C)cc2[Si](C)(C)c2cc(N(C(C)C)C(C)C)ccc21. The van der Waals surface area contributed by atoms with Crippen LogP contribution in [0, 0.1) is 5.92 Å². The van der Waals surface area contributed by atoms with Gasteiger partial charge in [-0.05, 0) is 107 Å². The minimum Gasteiger partial charge on any atom is -0.367 e. The summed E-state index contributed by atoms with van der Waals surface area (Å²) in [5.41, 5.74) is 5.91. The number of rotatable bonds is 7. The smallest absolute Gasteiger partial charge is 0.113 e. The topological polar surface area (TPSA) is 6.48 Å². The second-order valence-electron chi connectivity index (χ2n) is 12.1. The molecular formula is C30H48N2Si. The maximum atomic E-state index is 2.57. The van der Waals surface area contributed by atoms with Gasteiger partial charge < -0.3 is 9.80 Å². The van der Waals surface area contributed by atoms with E-state index in [1.165, 1.54) is 11.4 Å². The third-order valence-electron chi connectivity index (χ3n) is 7.58. The number of anilines is 2. The summed E-state index contributed by atoms with van der Waals surface area (Å²) in [5, 5.41) is 3.27. The molecule has 0 aromatic heterocycles. The van der Waals surface area contributed by atoms with Crippen molar-refractivity contribution in [1.29, 1.82) is 0 Å². The molecule has 3 heteroatoms. The van der Waals surface area contributed by atoms with Crippen molar-refractivity contribution >= 4 is 29.8 Å². The second kappa shape index (κ2) is 9.48. The van der Waals surface area contributed by atoms with Crippen LogP contribution in [0.4, 0.5) is 11.4 Å². The van der Waals surface area contributed by atoms with Crippen LogP contribution < -0.4 is 20.2 Å². The molecule has 0 saturated carbocycles. The van der Waals surface area contributed by atoms with Crippen LogP contribution in [-0.4, -0.2) is 32.2 Å². The summed E-state index contributed by atoms with van der Waals surface area (Å²) in [6.07, 6.45) is 0. The van der Waals surface area contributed by atoms with Crippen molar-refractivity contribution < 1.29 is 0 Å². The van der Waals surface area contributed by atoms with Gasteiger partial charge in [0.25, 0.3) is 0 Å². The summed E-state index contributed by atoms with van der Waals surface area (Å²) < 4.78 is 0. The highest BCUT2D eigenvalue weighted by molar-refractivity contribution is 7.01. The zero-order valence-electron chi connectivity index (χ0n) is 23.3. The van der Waals surface area contributed by atoms with E-state index in [-0.39, 0.29) is 0 Å². The van der Waals surface area contributed by atoms with Crippen molar-refractivity contribution in [3.63, 3.8) is 0 Å². The predicted molar refractivity (Wildman–Crippen MR) is 152 cm³/mol. The van der Waals surface area contributed by atoms with Crippen molar-refractivity contribution in [3.8, 4) is 0 Å². The van der Waals surface area contributed by atoms with Crippen molar-refractivity contribution in [2.24, 2.45) is 5.92 Å². The highest BCUT2D eigenvalue weighted by atomic mass is 28.3. The van der Waals surface area contributed by atoms with Gasteiger partial charge in [-0.3, -0.25) is 0 Å². The van der Waals surface area contributed by atoms with Gasteiger partial charge in [0.2, 0.25) is 0 Å². The monoisotopic (exact) mass is 464 g/mol. The van der Waals surface area contributed by atoms with E-state index in [1.54, 1.807) is 21.5 Å². The first-order valence-corrected chi connectivity index (χ1v) is 16.1. The molecule has 0 saturated heterocycles. The molecule has 182 valence electrons. The molecule has 0 atom stereocenters. The van der Waals surface area contributed by atoms with Crippen molar-refractivity contribution in [2.75, 3.05) is 9.80 Å². The number of hydrogen-bond donors (Lipinski definition) is 0. The predicted octanol–water partition coefficient (Wildman–Crippen LogP) is 6.86. The first kappa shape index (κ1) is 25.9. The van der Waals surface area contributed by atoms with E-state index in [0.29, 0.717) is 36.0 Å². The zero-order valence-corrected chi connectivity index (χ0v) is 24.3. The minimum atomic E-state index is -1.87. The Morgan fingerprint density at radius 2 is 0.909 bits per heavy atom. The third kappa shape index (κ3) is 4.63. The van der Waals surface area contributed by atoms with Gasteiger partial charge in [-0.15, -0.1) is 0 Å². The maximum Gasteiger partial charge on any atom is 0.113 e. The van der Waals surface area contributed by atoms with E-state index >= 15 is 0 Å². The van der Waals surface area contributed by atoms with E-state index < -0.39 is 8.07 Å². The van der Waals surface area contributed by atoms with Gasteiger partial charge in [0, 0.05) is 41.5 Å². The highest BCUT2D eigenvalue weighted by Crippen LogP contribution is 2.38. The van der Waals surface area contributed by atoms with Crippen LogP contribution in [0.2, 0.25) is 13.1 Å². The Kier molecular flexibility index (Phi) is 7.44. The Labute approximate surface area is 205 Å². The fourth-order valence-electron chi connectivity index (χ4n) is 6.45. The Balaban J connectivity index is 2.24. The van der Waals surface area contributed by atoms with Crippen LogP contribution in [0.15, 0.2) is 36.4 Å². The van der Waals surface area contributed by atoms with E-state index in [4.69, 9.17) is 0 Å². The molecule has 3 rings (SSSR count). The van der Waals surface area contributed by atoms with Crippen LogP contribution in [-0.2, 0) is 0 Å². The molecule has 0 aliphatic carbocycles.